The Morgan fingerprint density at radius 2 is 2.03 bits per heavy atom. The lowest BCUT2D eigenvalue weighted by Gasteiger charge is -2.31. The smallest absolute Gasteiger partial charge is 0.272 e. The van der Waals surface area contributed by atoms with E-state index in [0.29, 0.717) is 12.2 Å². The molecule has 5 rings (SSSR count). The molecule has 0 saturated carbocycles. The number of pyridine rings is 2. The molecule has 1 unspecified atom stereocenters. The summed E-state index contributed by atoms with van der Waals surface area (Å²) in [4.78, 5) is 23.6. The third-order valence-corrected chi connectivity index (χ3v) is 5.71. The minimum absolute atomic E-state index is 0.0330. The second-order valence-electron chi connectivity index (χ2n) is 7.73. The number of ether oxygens (including phenoxy) is 1. The summed E-state index contributed by atoms with van der Waals surface area (Å²) in [6, 6.07) is 17.4. The third-order valence-electron chi connectivity index (χ3n) is 5.71. The average molecular weight is 413 g/mol. The molecule has 0 spiro atoms. The van der Waals surface area contributed by atoms with Crippen LogP contribution >= 0.6 is 0 Å². The molecule has 4 heterocycles. The van der Waals surface area contributed by atoms with Gasteiger partial charge in [-0.05, 0) is 54.8 Å². The van der Waals surface area contributed by atoms with Crippen molar-refractivity contribution < 1.29 is 9.53 Å². The molecule has 7 nitrogen and oxygen atoms in total. The number of fused-ring (bicyclic) bond motifs is 1. The molecule has 4 aromatic rings. The van der Waals surface area contributed by atoms with Gasteiger partial charge in [0.2, 0.25) is 0 Å². The number of carbonyl (C=O) groups excluding carboxylic acids is 1. The molecule has 1 fully saturated rings. The highest BCUT2D eigenvalue weighted by molar-refractivity contribution is 5.92. The Hall–Kier alpha value is -3.74. The molecule has 1 saturated heterocycles. The van der Waals surface area contributed by atoms with Gasteiger partial charge in [-0.3, -0.25) is 9.78 Å². The first-order valence-electron chi connectivity index (χ1n) is 10.4. The zero-order valence-electron chi connectivity index (χ0n) is 17.3. The van der Waals surface area contributed by atoms with Gasteiger partial charge < -0.3 is 9.64 Å². The van der Waals surface area contributed by atoms with Crippen molar-refractivity contribution in [3.05, 3.63) is 78.5 Å². The maximum Gasteiger partial charge on any atom is 0.272 e. The summed E-state index contributed by atoms with van der Waals surface area (Å²) in [5.74, 6) is 1.68. The summed E-state index contributed by atoms with van der Waals surface area (Å²) in [6.07, 6.45) is 5.53. The van der Waals surface area contributed by atoms with Crippen LogP contribution in [0.4, 0.5) is 0 Å². The Kier molecular flexibility index (Phi) is 5.08. The SMILES string of the molecule is COc1cccc(-c2ccc3nc(C4CCCN(C(=O)c5ccccn5)C4)nn3c2)c1. The minimum Gasteiger partial charge on any atom is -0.497 e. The number of methoxy groups -OCH3 is 1. The molecule has 7 heteroatoms. The molecule has 3 aromatic heterocycles. The van der Waals surface area contributed by atoms with Gasteiger partial charge in [-0.2, -0.15) is 5.10 Å². The lowest BCUT2D eigenvalue weighted by molar-refractivity contribution is 0.0698. The number of hydrogen-bond donors (Lipinski definition) is 0. The molecule has 0 bridgehead atoms. The normalized spacial score (nSPS) is 16.4. The Balaban J connectivity index is 1.39. The van der Waals surface area contributed by atoms with E-state index in [1.807, 2.05) is 64.1 Å². The Morgan fingerprint density at radius 3 is 2.87 bits per heavy atom. The predicted molar refractivity (Wildman–Crippen MR) is 117 cm³/mol. The molecule has 0 aliphatic carbocycles. The van der Waals surface area contributed by atoms with Crippen molar-refractivity contribution in [2.75, 3.05) is 20.2 Å². The lowest BCUT2D eigenvalue weighted by Crippen LogP contribution is -2.39. The van der Waals surface area contributed by atoms with Crippen molar-refractivity contribution in [1.29, 1.82) is 0 Å². The van der Waals surface area contributed by atoms with Crippen molar-refractivity contribution >= 4 is 11.6 Å². The van der Waals surface area contributed by atoms with Gasteiger partial charge in [-0.25, -0.2) is 9.50 Å². The summed E-state index contributed by atoms with van der Waals surface area (Å²) in [5, 5.41) is 4.75. The highest BCUT2D eigenvalue weighted by Crippen LogP contribution is 2.28. The topological polar surface area (TPSA) is 72.6 Å². The molecule has 1 amide bonds. The van der Waals surface area contributed by atoms with Crippen molar-refractivity contribution in [2.24, 2.45) is 0 Å². The van der Waals surface area contributed by atoms with E-state index in [-0.39, 0.29) is 11.8 Å². The monoisotopic (exact) mass is 413 g/mol. The van der Waals surface area contributed by atoms with Crippen LogP contribution in [0.2, 0.25) is 0 Å². The first kappa shape index (κ1) is 19.2. The largest absolute Gasteiger partial charge is 0.497 e. The second kappa shape index (κ2) is 8.18. The van der Waals surface area contributed by atoms with Crippen LogP contribution in [-0.2, 0) is 0 Å². The van der Waals surface area contributed by atoms with Gasteiger partial charge in [0.1, 0.15) is 11.4 Å². The van der Waals surface area contributed by atoms with Crippen molar-refractivity contribution in [1.82, 2.24) is 24.5 Å². The van der Waals surface area contributed by atoms with Crippen molar-refractivity contribution in [2.45, 2.75) is 18.8 Å². The van der Waals surface area contributed by atoms with Crippen LogP contribution < -0.4 is 4.74 Å². The van der Waals surface area contributed by atoms with E-state index < -0.39 is 0 Å². The van der Waals surface area contributed by atoms with Crippen LogP contribution in [0.3, 0.4) is 0 Å². The average Bonchev–Trinajstić information content (AvgIpc) is 3.28. The molecule has 1 aromatic carbocycles. The van der Waals surface area contributed by atoms with Gasteiger partial charge in [0.05, 0.1) is 7.11 Å². The molecule has 31 heavy (non-hydrogen) atoms. The number of hydrogen-bond acceptors (Lipinski definition) is 5. The number of likely N-dealkylation sites (tertiary alicyclic amines) is 1. The number of aromatic nitrogens is 4. The molecule has 0 radical (unpaired) electrons. The van der Waals surface area contributed by atoms with Gasteiger partial charge in [0.25, 0.3) is 5.91 Å². The fourth-order valence-electron chi connectivity index (χ4n) is 4.07. The maximum absolute atomic E-state index is 12.8. The number of carbonyl (C=O) groups is 1. The molecule has 0 N–H and O–H groups in total. The van der Waals surface area contributed by atoms with Gasteiger partial charge in [-0.15, -0.1) is 0 Å². The highest BCUT2D eigenvalue weighted by Gasteiger charge is 2.28. The zero-order valence-corrected chi connectivity index (χ0v) is 17.3. The molecule has 1 aliphatic rings. The number of rotatable bonds is 4. The van der Waals surface area contributed by atoms with Crippen LogP contribution in [0.1, 0.15) is 35.1 Å². The number of piperidine rings is 1. The van der Waals surface area contributed by atoms with E-state index in [1.165, 1.54) is 0 Å². The molecule has 156 valence electrons. The van der Waals surface area contributed by atoms with E-state index >= 15 is 0 Å². The summed E-state index contributed by atoms with van der Waals surface area (Å²) >= 11 is 0. The quantitative estimate of drug-likeness (QED) is 0.509. The third kappa shape index (κ3) is 3.86. The Bertz CT molecular complexity index is 1220. The summed E-state index contributed by atoms with van der Waals surface area (Å²) in [6.45, 7) is 1.34. The van der Waals surface area contributed by atoms with Crippen LogP contribution in [0.15, 0.2) is 67.0 Å². The number of amides is 1. The van der Waals surface area contributed by atoms with Crippen LogP contribution in [0.5, 0.6) is 5.75 Å². The highest BCUT2D eigenvalue weighted by atomic mass is 16.5. The van der Waals surface area contributed by atoms with Gasteiger partial charge >= 0.3 is 0 Å². The van der Waals surface area contributed by atoms with Crippen molar-refractivity contribution in [3.8, 4) is 16.9 Å². The first-order valence-corrected chi connectivity index (χ1v) is 10.4. The van der Waals surface area contributed by atoms with Gasteiger partial charge in [-0.1, -0.05) is 18.2 Å². The maximum atomic E-state index is 12.8. The fourth-order valence-corrected chi connectivity index (χ4v) is 4.07. The van der Waals surface area contributed by atoms with Crippen LogP contribution in [-0.4, -0.2) is 50.6 Å². The Labute approximate surface area is 180 Å². The fraction of sp³-hybridized carbons (Fsp3) is 0.250. The summed E-state index contributed by atoms with van der Waals surface area (Å²) < 4.78 is 7.16. The molecular formula is C24H23N5O2. The van der Waals surface area contributed by atoms with Crippen LogP contribution in [0, 0.1) is 0 Å². The number of benzene rings is 1. The van der Waals surface area contributed by atoms with E-state index in [9.17, 15) is 4.79 Å². The second-order valence-corrected chi connectivity index (χ2v) is 7.73. The van der Waals surface area contributed by atoms with E-state index in [4.69, 9.17) is 14.8 Å². The molecular weight excluding hydrogens is 390 g/mol. The van der Waals surface area contributed by atoms with Crippen molar-refractivity contribution in [3.63, 3.8) is 0 Å². The van der Waals surface area contributed by atoms with Crippen LogP contribution in [0.25, 0.3) is 16.8 Å². The van der Waals surface area contributed by atoms with Gasteiger partial charge in [0.15, 0.2) is 11.5 Å². The van der Waals surface area contributed by atoms with E-state index in [2.05, 4.69) is 4.98 Å². The summed E-state index contributed by atoms with van der Waals surface area (Å²) in [7, 11) is 1.66. The minimum atomic E-state index is -0.0330. The molecule has 1 aliphatic heterocycles. The summed E-state index contributed by atoms with van der Waals surface area (Å²) in [5.41, 5.74) is 3.38. The van der Waals surface area contributed by atoms with E-state index in [0.717, 1.165) is 47.7 Å². The standard InChI is InChI=1S/C24H23N5O2/c1-31-20-8-4-6-17(14-20)18-10-11-22-26-23(27-29(22)16-18)19-7-5-13-28(15-19)24(30)21-9-2-3-12-25-21/h2-4,6,8-12,14,16,19H,5,7,13,15H2,1H3. The lowest BCUT2D eigenvalue weighted by atomic mass is 9.97. The molecule has 1 atom stereocenters. The predicted octanol–water partition coefficient (Wildman–Crippen LogP) is 3.82. The first-order chi connectivity index (χ1) is 15.2. The van der Waals surface area contributed by atoms with Gasteiger partial charge in [0, 0.05) is 37.0 Å². The number of nitrogens with zero attached hydrogens (tertiary/aromatic N) is 5. The Morgan fingerprint density at radius 1 is 1.10 bits per heavy atom. The zero-order chi connectivity index (χ0) is 21.2. The van der Waals surface area contributed by atoms with E-state index in [1.54, 1.807) is 19.4 Å².